The summed E-state index contributed by atoms with van der Waals surface area (Å²) in [4.78, 5) is 6.64. The van der Waals surface area contributed by atoms with E-state index in [0.717, 1.165) is 32.4 Å². The molecule has 7 nitrogen and oxygen atoms in total. The zero-order valence-corrected chi connectivity index (χ0v) is 19.0. The Kier molecular flexibility index (Phi) is 6.31. The van der Waals surface area contributed by atoms with Crippen molar-refractivity contribution in [3.8, 4) is 17.5 Å². The van der Waals surface area contributed by atoms with E-state index in [1.807, 2.05) is 6.07 Å². The lowest BCUT2D eigenvalue weighted by Crippen LogP contribution is -2.34. The standard InChI is InChI=1S/C24H26N4O3S/c1-27(2)32(29,30)21-10-8-20(9-11-21)23-26-22(17-25)24(31-23)28-14-12-19(13-15-28)16-18-6-4-3-5-7-18/h3-11,19H,12-16H2,1-2H3. The van der Waals surface area contributed by atoms with E-state index in [4.69, 9.17) is 4.42 Å². The van der Waals surface area contributed by atoms with Gasteiger partial charge in [0, 0.05) is 32.7 Å². The van der Waals surface area contributed by atoms with Crippen LogP contribution in [0.25, 0.3) is 11.5 Å². The molecule has 1 aromatic heterocycles. The third kappa shape index (κ3) is 4.54. The summed E-state index contributed by atoms with van der Waals surface area (Å²) < 4.78 is 31.7. The van der Waals surface area contributed by atoms with Gasteiger partial charge >= 0.3 is 0 Å². The van der Waals surface area contributed by atoms with Gasteiger partial charge in [-0.15, -0.1) is 0 Å². The molecule has 1 aliphatic heterocycles. The largest absolute Gasteiger partial charge is 0.419 e. The number of nitriles is 1. The first kappa shape index (κ1) is 22.1. The van der Waals surface area contributed by atoms with Crippen LogP contribution in [-0.4, -0.2) is 44.9 Å². The number of anilines is 1. The lowest BCUT2D eigenvalue weighted by atomic mass is 9.90. The Morgan fingerprint density at radius 3 is 2.34 bits per heavy atom. The smallest absolute Gasteiger partial charge is 0.242 e. The lowest BCUT2D eigenvalue weighted by Gasteiger charge is -2.31. The molecule has 4 rings (SSSR count). The van der Waals surface area contributed by atoms with Gasteiger partial charge < -0.3 is 9.32 Å². The zero-order chi connectivity index (χ0) is 22.7. The van der Waals surface area contributed by atoms with E-state index >= 15 is 0 Å². The minimum Gasteiger partial charge on any atom is -0.419 e. The Balaban J connectivity index is 1.48. The van der Waals surface area contributed by atoms with Gasteiger partial charge in [-0.2, -0.15) is 10.2 Å². The van der Waals surface area contributed by atoms with Gasteiger partial charge in [0.1, 0.15) is 6.07 Å². The highest BCUT2D eigenvalue weighted by atomic mass is 32.2. The van der Waals surface area contributed by atoms with Crippen LogP contribution >= 0.6 is 0 Å². The minimum absolute atomic E-state index is 0.194. The van der Waals surface area contributed by atoms with E-state index in [9.17, 15) is 13.7 Å². The third-order valence-electron chi connectivity index (χ3n) is 5.86. The first-order valence-corrected chi connectivity index (χ1v) is 12.1. The summed E-state index contributed by atoms with van der Waals surface area (Å²) in [5.74, 6) is 1.41. The Morgan fingerprint density at radius 1 is 1.09 bits per heavy atom. The Morgan fingerprint density at radius 2 is 1.75 bits per heavy atom. The highest BCUT2D eigenvalue weighted by Crippen LogP contribution is 2.32. The predicted octanol–water partition coefficient (Wildman–Crippen LogP) is 3.92. The SMILES string of the molecule is CN(C)S(=O)(=O)c1ccc(-c2nc(C#N)c(N3CCC(Cc4ccccc4)CC3)o2)cc1. The average molecular weight is 451 g/mol. The second kappa shape index (κ2) is 9.15. The van der Waals surface area contributed by atoms with Crippen LogP contribution in [0, 0.1) is 17.2 Å². The molecule has 8 heteroatoms. The number of sulfonamides is 1. The molecular formula is C24H26N4O3S. The summed E-state index contributed by atoms with van der Waals surface area (Å²) >= 11 is 0. The fourth-order valence-electron chi connectivity index (χ4n) is 3.99. The molecule has 1 fully saturated rings. The monoisotopic (exact) mass is 450 g/mol. The van der Waals surface area contributed by atoms with Crippen molar-refractivity contribution in [1.29, 1.82) is 5.26 Å². The summed E-state index contributed by atoms with van der Waals surface area (Å²) in [6.45, 7) is 1.61. The number of hydrogen-bond acceptors (Lipinski definition) is 6. The second-order valence-electron chi connectivity index (χ2n) is 8.22. The van der Waals surface area contributed by atoms with Crippen LogP contribution in [-0.2, 0) is 16.4 Å². The summed E-state index contributed by atoms with van der Waals surface area (Å²) in [5.41, 5.74) is 2.24. The van der Waals surface area contributed by atoms with Crippen molar-refractivity contribution < 1.29 is 12.8 Å². The number of rotatable bonds is 6. The van der Waals surface area contributed by atoms with Crippen molar-refractivity contribution in [2.24, 2.45) is 5.92 Å². The maximum absolute atomic E-state index is 12.3. The topological polar surface area (TPSA) is 90.4 Å². The van der Waals surface area contributed by atoms with Crippen molar-refractivity contribution in [3.63, 3.8) is 0 Å². The van der Waals surface area contributed by atoms with E-state index in [0.29, 0.717) is 23.3 Å². The van der Waals surface area contributed by atoms with Crippen LogP contribution in [0.1, 0.15) is 24.1 Å². The van der Waals surface area contributed by atoms with Gasteiger partial charge in [-0.3, -0.25) is 0 Å². The fraction of sp³-hybridized carbons (Fsp3) is 0.333. The zero-order valence-electron chi connectivity index (χ0n) is 18.2. The molecule has 32 heavy (non-hydrogen) atoms. The van der Waals surface area contributed by atoms with E-state index in [1.54, 1.807) is 12.1 Å². The fourth-order valence-corrected chi connectivity index (χ4v) is 4.89. The molecule has 2 heterocycles. The Labute approximate surface area is 189 Å². The van der Waals surface area contributed by atoms with Crippen molar-refractivity contribution in [1.82, 2.24) is 9.29 Å². The van der Waals surface area contributed by atoms with Crippen LogP contribution in [0.4, 0.5) is 5.88 Å². The van der Waals surface area contributed by atoms with Crippen LogP contribution in [0.15, 0.2) is 63.9 Å². The van der Waals surface area contributed by atoms with Gasteiger partial charge in [0.2, 0.25) is 27.5 Å². The summed E-state index contributed by atoms with van der Waals surface area (Å²) in [7, 11) is -0.523. The highest BCUT2D eigenvalue weighted by molar-refractivity contribution is 7.89. The third-order valence-corrected chi connectivity index (χ3v) is 7.69. The van der Waals surface area contributed by atoms with Crippen molar-refractivity contribution in [3.05, 3.63) is 65.9 Å². The maximum atomic E-state index is 12.3. The van der Waals surface area contributed by atoms with Gasteiger partial charge in [-0.1, -0.05) is 30.3 Å². The van der Waals surface area contributed by atoms with Gasteiger partial charge in [0.15, 0.2) is 0 Å². The van der Waals surface area contributed by atoms with Crippen LogP contribution in [0.2, 0.25) is 0 Å². The van der Waals surface area contributed by atoms with E-state index < -0.39 is 10.0 Å². The molecule has 0 radical (unpaired) electrons. The molecule has 0 saturated carbocycles. The van der Waals surface area contributed by atoms with E-state index in [1.165, 1.54) is 36.1 Å². The highest BCUT2D eigenvalue weighted by Gasteiger charge is 2.26. The van der Waals surface area contributed by atoms with Crippen molar-refractivity contribution >= 4 is 15.9 Å². The molecule has 0 spiro atoms. The van der Waals surface area contributed by atoms with Gasteiger partial charge in [-0.25, -0.2) is 12.7 Å². The van der Waals surface area contributed by atoms with Crippen LogP contribution < -0.4 is 4.90 Å². The van der Waals surface area contributed by atoms with Crippen molar-refractivity contribution in [2.45, 2.75) is 24.2 Å². The molecule has 0 unspecified atom stereocenters. The molecule has 2 aromatic carbocycles. The molecule has 1 aliphatic rings. The predicted molar refractivity (Wildman–Crippen MR) is 123 cm³/mol. The molecule has 0 aliphatic carbocycles. The molecule has 166 valence electrons. The van der Waals surface area contributed by atoms with Crippen LogP contribution in [0.3, 0.4) is 0 Å². The molecule has 0 N–H and O–H groups in total. The van der Waals surface area contributed by atoms with Crippen LogP contribution in [0.5, 0.6) is 0 Å². The first-order chi connectivity index (χ1) is 15.4. The van der Waals surface area contributed by atoms with Gasteiger partial charge in [0.25, 0.3) is 0 Å². The summed E-state index contributed by atoms with van der Waals surface area (Å²) in [6.07, 6.45) is 3.10. The van der Waals surface area contributed by atoms with E-state index in [-0.39, 0.29) is 10.6 Å². The summed E-state index contributed by atoms with van der Waals surface area (Å²) in [5, 5.41) is 9.58. The number of piperidine rings is 1. The quantitative estimate of drug-likeness (QED) is 0.565. The van der Waals surface area contributed by atoms with Crippen molar-refractivity contribution in [2.75, 3.05) is 32.1 Å². The van der Waals surface area contributed by atoms with Gasteiger partial charge in [0.05, 0.1) is 4.90 Å². The van der Waals surface area contributed by atoms with Gasteiger partial charge in [-0.05, 0) is 55.0 Å². The second-order valence-corrected chi connectivity index (χ2v) is 10.4. The molecule has 0 atom stereocenters. The Bertz CT molecular complexity index is 1200. The number of oxazole rings is 1. The minimum atomic E-state index is -3.51. The molecule has 0 bridgehead atoms. The molecule has 3 aromatic rings. The average Bonchev–Trinajstić information content (AvgIpc) is 3.25. The van der Waals surface area contributed by atoms with E-state index in [2.05, 4.69) is 40.2 Å². The molecular weight excluding hydrogens is 424 g/mol. The number of hydrogen-bond donors (Lipinski definition) is 0. The first-order valence-electron chi connectivity index (χ1n) is 10.6. The number of benzene rings is 2. The normalized spacial score (nSPS) is 15.1. The lowest BCUT2D eigenvalue weighted by molar-refractivity contribution is 0.389. The maximum Gasteiger partial charge on any atom is 0.242 e. The number of aromatic nitrogens is 1. The number of nitrogens with zero attached hydrogens (tertiary/aromatic N) is 4. The molecule has 0 amide bonds. The molecule has 1 saturated heterocycles. The Hall–Kier alpha value is -3.15. The summed E-state index contributed by atoms with van der Waals surface area (Å²) in [6, 6.07) is 19.0.